The SMILES string of the molecule is CCCCOC(=O)N1CCn2cncc2C1. The number of imidazole rings is 1. The maximum absolute atomic E-state index is 11.7. The van der Waals surface area contributed by atoms with Gasteiger partial charge in [-0.3, -0.25) is 0 Å². The lowest BCUT2D eigenvalue weighted by molar-refractivity contribution is 0.0915. The molecule has 1 aromatic heterocycles. The van der Waals surface area contributed by atoms with Gasteiger partial charge in [0.1, 0.15) is 0 Å². The van der Waals surface area contributed by atoms with E-state index in [0.29, 0.717) is 19.7 Å². The van der Waals surface area contributed by atoms with Gasteiger partial charge >= 0.3 is 6.09 Å². The summed E-state index contributed by atoms with van der Waals surface area (Å²) < 4.78 is 7.24. The fraction of sp³-hybridized carbons (Fsp3) is 0.636. The van der Waals surface area contributed by atoms with Gasteiger partial charge in [-0.2, -0.15) is 0 Å². The van der Waals surface area contributed by atoms with Crippen molar-refractivity contribution in [2.45, 2.75) is 32.9 Å². The Kier molecular flexibility index (Phi) is 3.44. The Bertz CT molecular complexity index is 362. The largest absolute Gasteiger partial charge is 0.449 e. The van der Waals surface area contributed by atoms with Crippen LogP contribution in [0.4, 0.5) is 4.79 Å². The normalized spacial score (nSPS) is 14.7. The van der Waals surface area contributed by atoms with Crippen LogP contribution in [0, 0.1) is 0 Å². The highest BCUT2D eigenvalue weighted by Gasteiger charge is 2.21. The van der Waals surface area contributed by atoms with Crippen LogP contribution in [0.1, 0.15) is 25.5 Å². The van der Waals surface area contributed by atoms with Crippen molar-refractivity contribution in [1.82, 2.24) is 14.5 Å². The minimum atomic E-state index is -0.207. The van der Waals surface area contributed by atoms with Gasteiger partial charge in [-0.05, 0) is 6.42 Å². The minimum absolute atomic E-state index is 0.207. The van der Waals surface area contributed by atoms with Gasteiger partial charge in [-0.25, -0.2) is 9.78 Å². The Hall–Kier alpha value is -1.52. The number of hydrogen-bond donors (Lipinski definition) is 0. The second kappa shape index (κ2) is 5.01. The predicted molar refractivity (Wildman–Crippen MR) is 58.9 cm³/mol. The summed E-state index contributed by atoms with van der Waals surface area (Å²) in [5.41, 5.74) is 1.07. The van der Waals surface area contributed by atoms with Crippen molar-refractivity contribution in [3.63, 3.8) is 0 Å². The second-order valence-corrected chi connectivity index (χ2v) is 3.97. The van der Waals surface area contributed by atoms with Gasteiger partial charge in [-0.15, -0.1) is 0 Å². The lowest BCUT2D eigenvalue weighted by atomic mass is 10.3. The van der Waals surface area contributed by atoms with E-state index in [1.165, 1.54) is 0 Å². The van der Waals surface area contributed by atoms with Crippen LogP contribution in [0.25, 0.3) is 0 Å². The van der Waals surface area contributed by atoms with Crippen LogP contribution >= 0.6 is 0 Å². The third kappa shape index (κ3) is 2.35. The van der Waals surface area contributed by atoms with Gasteiger partial charge in [0.25, 0.3) is 0 Å². The van der Waals surface area contributed by atoms with Crippen molar-refractivity contribution in [1.29, 1.82) is 0 Å². The zero-order chi connectivity index (χ0) is 11.4. The first-order valence-electron chi connectivity index (χ1n) is 5.72. The van der Waals surface area contributed by atoms with Gasteiger partial charge in [0.2, 0.25) is 0 Å². The molecule has 0 aliphatic carbocycles. The molecule has 0 spiro atoms. The summed E-state index contributed by atoms with van der Waals surface area (Å²) in [4.78, 5) is 17.5. The molecule has 16 heavy (non-hydrogen) atoms. The molecule has 1 aliphatic heterocycles. The molecule has 1 aromatic rings. The first kappa shape index (κ1) is 11.0. The molecule has 1 amide bonds. The van der Waals surface area contributed by atoms with Crippen LogP contribution in [0.3, 0.4) is 0 Å². The third-order valence-corrected chi connectivity index (χ3v) is 2.74. The Morgan fingerprint density at radius 1 is 1.56 bits per heavy atom. The Labute approximate surface area is 95.0 Å². The zero-order valence-electron chi connectivity index (χ0n) is 9.56. The molecule has 0 atom stereocenters. The molecule has 2 heterocycles. The van der Waals surface area contributed by atoms with E-state index < -0.39 is 0 Å². The Balaban J connectivity index is 1.86. The van der Waals surface area contributed by atoms with E-state index in [4.69, 9.17) is 4.74 Å². The standard InChI is InChI=1S/C11H17N3O2/c1-2-3-6-16-11(15)13-4-5-14-9-12-7-10(14)8-13/h7,9H,2-6,8H2,1H3. The molecule has 0 bridgehead atoms. The van der Waals surface area contributed by atoms with E-state index in [0.717, 1.165) is 25.1 Å². The smallest absolute Gasteiger partial charge is 0.410 e. The highest BCUT2D eigenvalue weighted by molar-refractivity contribution is 5.67. The van der Waals surface area contributed by atoms with E-state index in [1.54, 1.807) is 17.4 Å². The summed E-state index contributed by atoms with van der Waals surface area (Å²) in [5, 5.41) is 0. The highest BCUT2D eigenvalue weighted by Crippen LogP contribution is 2.12. The van der Waals surface area contributed by atoms with Gasteiger partial charge in [-0.1, -0.05) is 13.3 Å². The monoisotopic (exact) mass is 223 g/mol. The number of carbonyl (C=O) groups excluding carboxylic acids is 1. The van der Waals surface area contributed by atoms with Crippen molar-refractivity contribution in [3.05, 3.63) is 18.2 Å². The second-order valence-electron chi connectivity index (χ2n) is 3.97. The van der Waals surface area contributed by atoms with Gasteiger partial charge in [0.05, 0.1) is 25.2 Å². The van der Waals surface area contributed by atoms with Gasteiger partial charge in [0.15, 0.2) is 0 Å². The molecule has 5 heteroatoms. The van der Waals surface area contributed by atoms with Crippen LogP contribution in [-0.4, -0.2) is 33.7 Å². The number of nitrogens with zero attached hydrogens (tertiary/aromatic N) is 3. The summed E-state index contributed by atoms with van der Waals surface area (Å²) >= 11 is 0. The van der Waals surface area contributed by atoms with E-state index >= 15 is 0 Å². The quantitative estimate of drug-likeness (QED) is 0.732. The number of rotatable bonds is 3. The number of unbranched alkanes of at least 4 members (excludes halogenated alkanes) is 1. The van der Waals surface area contributed by atoms with Crippen LogP contribution in [-0.2, 0) is 17.8 Å². The van der Waals surface area contributed by atoms with Gasteiger partial charge in [0, 0.05) is 19.3 Å². The first-order chi connectivity index (χ1) is 7.81. The summed E-state index contributed by atoms with van der Waals surface area (Å²) in [7, 11) is 0. The number of amides is 1. The first-order valence-corrected chi connectivity index (χ1v) is 5.72. The summed E-state index contributed by atoms with van der Waals surface area (Å²) in [6.07, 6.45) is 5.36. The average molecular weight is 223 g/mol. The fourth-order valence-electron chi connectivity index (χ4n) is 1.74. The Morgan fingerprint density at radius 3 is 3.25 bits per heavy atom. The lowest BCUT2D eigenvalue weighted by Crippen LogP contribution is -2.38. The van der Waals surface area contributed by atoms with Crippen molar-refractivity contribution in [3.8, 4) is 0 Å². The van der Waals surface area contributed by atoms with Crippen molar-refractivity contribution < 1.29 is 9.53 Å². The van der Waals surface area contributed by atoms with Crippen molar-refractivity contribution in [2.75, 3.05) is 13.2 Å². The molecule has 0 aromatic carbocycles. The Morgan fingerprint density at radius 2 is 2.44 bits per heavy atom. The number of hydrogen-bond acceptors (Lipinski definition) is 3. The topological polar surface area (TPSA) is 47.4 Å². The van der Waals surface area contributed by atoms with Crippen molar-refractivity contribution >= 4 is 6.09 Å². The lowest BCUT2D eigenvalue weighted by Gasteiger charge is -2.27. The number of aromatic nitrogens is 2. The molecule has 0 fully saturated rings. The molecule has 0 unspecified atom stereocenters. The number of carbonyl (C=O) groups is 1. The molecule has 0 N–H and O–H groups in total. The molecule has 88 valence electrons. The number of ether oxygens (including phenoxy) is 1. The maximum Gasteiger partial charge on any atom is 0.410 e. The molecule has 0 radical (unpaired) electrons. The molecule has 1 aliphatic rings. The van der Waals surface area contributed by atoms with Gasteiger partial charge < -0.3 is 14.2 Å². The van der Waals surface area contributed by atoms with Crippen LogP contribution in [0.15, 0.2) is 12.5 Å². The third-order valence-electron chi connectivity index (χ3n) is 2.74. The molecule has 0 saturated carbocycles. The van der Waals surface area contributed by atoms with Crippen LogP contribution in [0.2, 0.25) is 0 Å². The van der Waals surface area contributed by atoms with E-state index in [1.807, 2.05) is 0 Å². The summed E-state index contributed by atoms with van der Waals surface area (Å²) in [6.45, 7) is 4.70. The van der Waals surface area contributed by atoms with Crippen LogP contribution in [0.5, 0.6) is 0 Å². The fourth-order valence-corrected chi connectivity index (χ4v) is 1.74. The van der Waals surface area contributed by atoms with E-state index in [9.17, 15) is 4.79 Å². The number of fused-ring (bicyclic) bond motifs is 1. The predicted octanol–water partition coefficient (Wildman–Crippen LogP) is 1.64. The summed E-state index contributed by atoms with van der Waals surface area (Å²) in [5.74, 6) is 0. The van der Waals surface area contributed by atoms with E-state index in [-0.39, 0.29) is 6.09 Å². The summed E-state index contributed by atoms with van der Waals surface area (Å²) in [6, 6.07) is 0. The minimum Gasteiger partial charge on any atom is -0.449 e. The van der Waals surface area contributed by atoms with Crippen molar-refractivity contribution in [2.24, 2.45) is 0 Å². The molecule has 0 saturated heterocycles. The maximum atomic E-state index is 11.7. The van der Waals surface area contributed by atoms with E-state index in [2.05, 4.69) is 16.5 Å². The molecular weight excluding hydrogens is 206 g/mol. The van der Waals surface area contributed by atoms with Crippen LogP contribution < -0.4 is 0 Å². The molecular formula is C11H17N3O2. The highest BCUT2D eigenvalue weighted by atomic mass is 16.6. The zero-order valence-corrected chi connectivity index (χ0v) is 9.56. The average Bonchev–Trinajstić information content (AvgIpc) is 2.76. The molecule has 2 rings (SSSR count). The molecule has 5 nitrogen and oxygen atoms in total.